The van der Waals surface area contributed by atoms with Gasteiger partial charge in [0.2, 0.25) is 0 Å². The molecule has 0 spiro atoms. The molecular weight excluding hydrogens is 346 g/mol. The van der Waals surface area contributed by atoms with Crippen LogP contribution in [0.5, 0.6) is 5.75 Å². The van der Waals surface area contributed by atoms with E-state index in [0.29, 0.717) is 5.75 Å². The number of hydrogen-bond donors (Lipinski definition) is 0. The maximum Gasteiger partial charge on any atom is 0.146 e. The minimum atomic E-state index is 0.713. The third-order valence-corrected chi connectivity index (χ3v) is 5.04. The number of methoxy groups -OCH3 is 1. The van der Waals surface area contributed by atoms with Gasteiger partial charge in [-0.3, -0.25) is 4.98 Å². The molecule has 6 nitrogen and oxygen atoms in total. The molecular formula is C19H17N5OS. The number of fused-ring (bicyclic) bond motifs is 1. The number of pyridine rings is 1. The summed E-state index contributed by atoms with van der Waals surface area (Å²) in [4.78, 5) is 4.38. The molecule has 0 saturated carbocycles. The van der Waals surface area contributed by atoms with Crippen molar-refractivity contribution >= 4 is 22.7 Å². The van der Waals surface area contributed by atoms with Crippen molar-refractivity contribution in [2.75, 3.05) is 7.11 Å². The Morgan fingerprint density at radius 1 is 1.08 bits per heavy atom. The second kappa shape index (κ2) is 7.13. The highest BCUT2D eigenvalue weighted by Gasteiger charge is 2.17. The maximum atomic E-state index is 5.50. The lowest BCUT2D eigenvalue weighted by Gasteiger charge is -2.11. The fourth-order valence-corrected chi connectivity index (χ4v) is 3.64. The van der Waals surface area contributed by atoms with Crippen LogP contribution in [0.3, 0.4) is 0 Å². The van der Waals surface area contributed by atoms with E-state index in [-0.39, 0.29) is 0 Å². The van der Waals surface area contributed by atoms with E-state index in [1.165, 1.54) is 0 Å². The van der Waals surface area contributed by atoms with Gasteiger partial charge in [-0.25, -0.2) is 4.68 Å². The summed E-state index contributed by atoms with van der Waals surface area (Å²) in [6.45, 7) is 1.94. The van der Waals surface area contributed by atoms with Crippen LogP contribution >= 0.6 is 11.8 Å². The van der Waals surface area contributed by atoms with Crippen LogP contribution in [0, 0.1) is 6.92 Å². The van der Waals surface area contributed by atoms with E-state index >= 15 is 0 Å². The van der Waals surface area contributed by atoms with Crippen LogP contribution in [0.2, 0.25) is 0 Å². The molecule has 3 aromatic heterocycles. The van der Waals surface area contributed by atoms with Crippen LogP contribution in [0.1, 0.15) is 11.4 Å². The van der Waals surface area contributed by atoms with Gasteiger partial charge in [-0.1, -0.05) is 30.0 Å². The molecule has 0 aliphatic carbocycles. The van der Waals surface area contributed by atoms with Crippen molar-refractivity contribution in [3.63, 3.8) is 0 Å². The fraction of sp³-hybridized carbons (Fsp3) is 0.158. The Morgan fingerprint density at radius 2 is 1.92 bits per heavy atom. The Labute approximate surface area is 155 Å². The maximum absolute atomic E-state index is 5.50. The smallest absolute Gasteiger partial charge is 0.146 e. The molecule has 4 aromatic rings. The minimum absolute atomic E-state index is 0.713. The van der Waals surface area contributed by atoms with Gasteiger partial charge >= 0.3 is 0 Å². The normalized spacial score (nSPS) is 11.0. The van der Waals surface area contributed by atoms with E-state index in [9.17, 15) is 0 Å². The third-order valence-electron chi connectivity index (χ3n) is 4.05. The van der Waals surface area contributed by atoms with Crippen LogP contribution in [0.15, 0.2) is 59.9 Å². The number of benzene rings is 1. The van der Waals surface area contributed by atoms with Crippen molar-refractivity contribution in [1.82, 2.24) is 25.0 Å². The van der Waals surface area contributed by atoms with E-state index in [2.05, 4.69) is 20.3 Å². The summed E-state index contributed by atoms with van der Waals surface area (Å²) in [6.07, 6.45) is 3.63. The molecule has 0 atom stereocenters. The van der Waals surface area contributed by atoms with E-state index in [1.54, 1.807) is 25.1 Å². The zero-order valence-electron chi connectivity index (χ0n) is 14.5. The van der Waals surface area contributed by atoms with E-state index in [1.807, 2.05) is 60.3 Å². The molecule has 0 saturated heterocycles. The summed E-state index contributed by atoms with van der Waals surface area (Å²) >= 11 is 1.60. The molecule has 0 aliphatic rings. The van der Waals surface area contributed by atoms with Crippen molar-refractivity contribution in [2.45, 2.75) is 17.7 Å². The van der Waals surface area contributed by atoms with Gasteiger partial charge in [-0.2, -0.15) is 10.2 Å². The molecule has 0 N–H and O–H groups in total. The standard InChI is InChI=1S/C19H17N5OS/c1-13-15-11-21-24(16-8-3-4-9-17(16)25-2)18(15)19(23-22-13)26-12-14-7-5-6-10-20-14/h3-11H,12H2,1-2H3. The van der Waals surface area contributed by atoms with E-state index in [4.69, 9.17) is 4.74 Å². The number of rotatable bonds is 5. The summed E-state index contributed by atoms with van der Waals surface area (Å²) < 4.78 is 7.38. The zero-order chi connectivity index (χ0) is 17.9. The van der Waals surface area contributed by atoms with Crippen LogP contribution in [-0.2, 0) is 5.75 Å². The summed E-state index contributed by atoms with van der Waals surface area (Å²) in [5.74, 6) is 1.47. The quantitative estimate of drug-likeness (QED) is 0.502. The summed E-state index contributed by atoms with van der Waals surface area (Å²) in [5, 5.41) is 15.1. The Hall–Kier alpha value is -2.93. The average molecular weight is 363 g/mol. The molecule has 130 valence electrons. The number of thioether (sulfide) groups is 1. The lowest BCUT2D eigenvalue weighted by molar-refractivity contribution is 0.412. The topological polar surface area (TPSA) is 65.7 Å². The van der Waals surface area contributed by atoms with Crippen LogP contribution in [0.25, 0.3) is 16.6 Å². The summed E-state index contributed by atoms with van der Waals surface area (Å²) in [5.41, 5.74) is 3.65. The minimum Gasteiger partial charge on any atom is -0.494 e. The van der Waals surface area contributed by atoms with Crippen molar-refractivity contribution in [3.8, 4) is 11.4 Å². The fourth-order valence-electron chi connectivity index (χ4n) is 2.75. The molecule has 4 rings (SSSR count). The molecule has 0 unspecified atom stereocenters. The molecule has 0 fully saturated rings. The second-order valence-corrected chi connectivity index (χ2v) is 6.65. The predicted octanol–water partition coefficient (Wildman–Crippen LogP) is 3.82. The molecule has 3 heterocycles. The molecule has 0 radical (unpaired) electrons. The number of nitrogens with zero attached hydrogens (tertiary/aromatic N) is 5. The Balaban J connectivity index is 1.81. The number of ether oxygens (including phenoxy) is 1. The Morgan fingerprint density at radius 3 is 2.73 bits per heavy atom. The summed E-state index contributed by atoms with van der Waals surface area (Å²) in [7, 11) is 1.66. The molecule has 0 aliphatic heterocycles. The summed E-state index contributed by atoms with van der Waals surface area (Å²) in [6, 6.07) is 13.7. The van der Waals surface area contributed by atoms with Crippen LogP contribution < -0.4 is 4.74 Å². The van der Waals surface area contributed by atoms with Gasteiger partial charge < -0.3 is 4.74 Å². The predicted molar refractivity (Wildman–Crippen MR) is 102 cm³/mol. The zero-order valence-corrected chi connectivity index (χ0v) is 15.3. The molecule has 0 bridgehead atoms. The monoisotopic (exact) mass is 363 g/mol. The van der Waals surface area contributed by atoms with Gasteiger partial charge in [0.05, 0.1) is 24.7 Å². The molecule has 26 heavy (non-hydrogen) atoms. The first kappa shape index (κ1) is 16.5. The van der Waals surface area contributed by atoms with Crippen molar-refractivity contribution in [3.05, 3.63) is 66.2 Å². The Kier molecular flexibility index (Phi) is 4.53. The highest BCUT2D eigenvalue weighted by atomic mass is 32.2. The van der Waals surface area contributed by atoms with Crippen molar-refractivity contribution < 1.29 is 4.74 Å². The third kappa shape index (κ3) is 3.01. The highest BCUT2D eigenvalue weighted by molar-refractivity contribution is 7.98. The molecule has 1 aromatic carbocycles. The lowest BCUT2D eigenvalue weighted by atomic mass is 10.2. The Bertz CT molecular complexity index is 1050. The first-order valence-electron chi connectivity index (χ1n) is 8.15. The number of aryl methyl sites for hydroxylation is 1. The largest absolute Gasteiger partial charge is 0.494 e. The molecule has 7 heteroatoms. The molecule has 0 amide bonds. The average Bonchev–Trinajstić information content (AvgIpc) is 3.14. The van der Waals surface area contributed by atoms with Crippen LogP contribution in [-0.4, -0.2) is 32.1 Å². The van der Waals surface area contributed by atoms with Gasteiger partial charge in [0, 0.05) is 17.3 Å². The first-order chi connectivity index (χ1) is 12.8. The number of aromatic nitrogens is 5. The van der Waals surface area contributed by atoms with Gasteiger partial charge in [0.15, 0.2) is 0 Å². The van der Waals surface area contributed by atoms with E-state index in [0.717, 1.165) is 38.8 Å². The lowest BCUT2D eigenvalue weighted by Crippen LogP contribution is -2.02. The van der Waals surface area contributed by atoms with E-state index < -0.39 is 0 Å². The number of para-hydroxylation sites is 2. The van der Waals surface area contributed by atoms with Gasteiger partial charge in [-0.05, 0) is 31.2 Å². The van der Waals surface area contributed by atoms with Gasteiger partial charge in [0.1, 0.15) is 22.0 Å². The van der Waals surface area contributed by atoms with Crippen molar-refractivity contribution in [1.29, 1.82) is 0 Å². The number of hydrogen-bond acceptors (Lipinski definition) is 6. The second-order valence-electron chi connectivity index (χ2n) is 5.69. The first-order valence-corrected chi connectivity index (χ1v) is 9.13. The van der Waals surface area contributed by atoms with Crippen LogP contribution in [0.4, 0.5) is 0 Å². The van der Waals surface area contributed by atoms with Gasteiger partial charge in [0.25, 0.3) is 0 Å². The van der Waals surface area contributed by atoms with Gasteiger partial charge in [-0.15, -0.1) is 5.10 Å². The highest BCUT2D eigenvalue weighted by Crippen LogP contribution is 2.32. The SMILES string of the molecule is COc1ccccc1-n1ncc2c(C)nnc(SCc3ccccn3)c21. The van der Waals surface area contributed by atoms with Crippen molar-refractivity contribution in [2.24, 2.45) is 0 Å².